The monoisotopic (exact) mass is 851 g/mol. The number of hydrogen-bond donors (Lipinski definition) is 0. The van der Waals surface area contributed by atoms with E-state index < -0.39 is 0 Å². The quantitative estimate of drug-likeness (QED) is 0.163. The zero-order valence-corrected chi connectivity index (χ0v) is 41.5. The van der Waals surface area contributed by atoms with E-state index in [0.29, 0.717) is 0 Å². The third kappa shape index (κ3) is 7.08. The van der Waals surface area contributed by atoms with Gasteiger partial charge in [0, 0.05) is 34.0 Å². The van der Waals surface area contributed by atoms with Crippen LogP contribution >= 0.6 is 0 Å². The predicted octanol–water partition coefficient (Wildman–Crippen LogP) is 15.3. The molecule has 0 fully saturated rings. The van der Waals surface area contributed by atoms with Crippen molar-refractivity contribution in [2.45, 2.75) is 130 Å². The van der Waals surface area contributed by atoms with Gasteiger partial charge in [0.15, 0.2) is 0 Å². The predicted molar refractivity (Wildman–Crippen MR) is 283 cm³/mol. The Morgan fingerprint density at radius 3 is 1.48 bits per heavy atom. The fraction of sp³-hybridized carbons (Fsp3) is 0.323. The molecular weight excluding hydrogens is 784 g/mol. The van der Waals surface area contributed by atoms with Gasteiger partial charge in [0.05, 0.1) is 5.69 Å². The summed E-state index contributed by atoms with van der Waals surface area (Å²) >= 11 is 0. The minimum Gasteiger partial charge on any atom is -0.311 e. The molecular formula is C62H67BN2. The molecule has 0 N–H and O–H groups in total. The van der Waals surface area contributed by atoms with E-state index in [2.05, 4.69) is 246 Å². The van der Waals surface area contributed by atoms with Crippen LogP contribution in [0.15, 0.2) is 140 Å². The van der Waals surface area contributed by atoms with Crippen LogP contribution in [-0.2, 0) is 27.1 Å². The fourth-order valence-corrected chi connectivity index (χ4v) is 11.6. The number of aryl methyl sites for hydroxylation is 1. The van der Waals surface area contributed by atoms with Gasteiger partial charge in [-0.25, -0.2) is 0 Å². The highest BCUT2D eigenvalue weighted by Gasteiger charge is 2.49. The standard InChI is InChI=1S/C62H67BN2/c1-39-31-42(40-21-17-15-18-22-40)25-28-51(39)64-53-30-27-44(59(5,6)7)33-49(53)63-50-36-47-48(62(13,14)38-61(47,11)12)37-54(50)65(56-35-45(60(8,9)10)34-55(64)57(56)63)52-29-26-43(58(2,3)4)32-46(52)41-23-19-16-20-24-41/h15-37H,38H2,1-14H3. The van der Waals surface area contributed by atoms with Gasteiger partial charge in [-0.05, 0) is 155 Å². The summed E-state index contributed by atoms with van der Waals surface area (Å²) in [5.74, 6) is 0. The number of hydrogen-bond acceptors (Lipinski definition) is 2. The molecule has 65 heavy (non-hydrogen) atoms. The van der Waals surface area contributed by atoms with Gasteiger partial charge in [0.25, 0.3) is 6.71 Å². The van der Waals surface area contributed by atoms with E-state index in [1.165, 1.54) is 106 Å². The van der Waals surface area contributed by atoms with Crippen molar-refractivity contribution in [3.8, 4) is 22.3 Å². The summed E-state index contributed by atoms with van der Waals surface area (Å²) in [6, 6.07) is 54.1. The Kier molecular flexibility index (Phi) is 9.69. The molecule has 3 heteroatoms. The van der Waals surface area contributed by atoms with Crippen LogP contribution in [0.1, 0.15) is 130 Å². The summed E-state index contributed by atoms with van der Waals surface area (Å²) in [4.78, 5) is 5.32. The molecule has 3 aliphatic rings. The van der Waals surface area contributed by atoms with Crippen LogP contribution in [0.4, 0.5) is 34.1 Å². The number of anilines is 6. The first-order valence-corrected chi connectivity index (χ1v) is 24.0. The first kappa shape index (κ1) is 43.1. The molecule has 7 aromatic carbocycles. The zero-order valence-electron chi connectivity index (χ0n) is 41.5. The smallest absolute Gasteiger partial charge is 0.252 e. The Hall–Kier alpha value is -5.80. The van der Waals surface area contributed by atoms with Crippen molar-refractivity contribution >= 4 is 57.2 Å². The second-order valence-corrected chi connectivity index (χ2v) is 23.9. The fourth-order valence-electron chi connectivity index (χ4n) is 11.6. The van der Waals surface area contributed by atoms with Gasteiger partial charge < -0.3 is 9.80 Å². The molecule has 1 aliphatic carbocycles. The third-order valence-electron chi connectivity index (χ3n) is 15.0. The molecule has 0 spiro atoms. The van der Waals surface area contributed by atoms with Crippen molar-refractivity contribution in [3.05, 3.63) is 173 Å². The van der Waals surface area contributed by atoms with Crippen LogP contribution < -0.4 is 26.2 Å². The maximum absolute atomic E-state index is 2.69. The van der Waals surface area contributed by atoms with Crippen LogP contribution in [0.25, 0.3) is 22.3 Å². The molecule has 2 heterocycles. The lowest BCUT2D eigenvalue weighted by Gasteiger charge is -2.46. The average molecular weight is 851 g/mol. The number of benzene rings is 7. The molecule has 7 aromatic rings. The maximum atomic E-state index is 2.69. The summed E-state index contributed by atoms with van der Waals surface area (Å²) in [5, 5.41) is 0. The summed E-state index contributed by atoms with van der Waals surface area (Å²) in [6.45, 7) is 33.4. The topological polar surface area (TPSA) is 6.48 Å². The SMILES string of the molecule is Cc1cc(-c2ccccc2)ccc1N1c2ccc(C(C)(C)C)cc2B2c3cc4c(cc3N(c3ccc(C(C)(C)C)cc3-c3ccccc3)c3cc(C(C)(C)C)cc1c32)C(C)(C)CC4(C)C. The van der Waals surface area contributed by atoms with Gasteiger partial charge in [0.2, 0.25) is 0 Å². The summed E-state index contributed by atoms with van der Waals surface area (Å²) < 4.78 is 0. The van der Waals surface area contributed by atoms with Crippen molar-refractivity contribution in [1.82, 2.24) is 0 Å². The van der Waals surface area contributed by atoms with Gasteiger partial charge in [-0.15, -0.1) is 0 Å². The molecule has 0 saturated heterocycles. The third-order valence-corrected chi connectivity index (χ3v) is 15.0. The lowest BCUT2D eigenvalue weighted by atomic mass is 9.33. The van der Waals surface area contributed by atoms with Gasteiger partial charge in [0.1, 0.15) is 0 Å². The molecule has 10 rings (SSSR count). The summed E-state index contributed by atoms with van der Waals surface area (Å²) in [6.07, 6.45) is 1.11. The number of rotatable bonds is 4. The van der Waals surface area contributed by atoms with Gasteiger partial charge in [-0.2, -0.15) is 0 Å². The normalized spacial score (nSPS) is 15.9. The molecule has 0 atom stereocenters. The lowest BCUT2D eigenvalue weighted by Crippen LogP contribution is -2.62. The van der Waals surface area contributed by atoms with Crippen molar-refractivity contribution in [2.24, 2.45) is 0 Å². The van der Waals surface area contributed by atoms with Crippen molar-refractivity contribution in [1.29, 1.82) is 0 Å². The minimum absolute atomic E-state index is 0.0163. The Labute approximate surface area is 390 Å². The Bertz CT molecular complexity index is 3020. The molecule has 0 bridgehead atoms. The summed E-state index contributed by atoms with van der Waals surface area (Å²) in [5.41, 5.74) is 24.8. The van der Waals surface area contributed by atoms with Crippen LogP contribution in [0.3, 0.4) is 0 Å². The highest BCUT2D eigenvalue weighted by Crippen LogP contribution is 2.54. The molecule has 2 aliphatic heterocycles. The molecule has 0 unspecified atom stereocenters. The number of nitrogens with zero attached hydrogens (tertiary/aromatic N) is 2. The van der Waals surface area contributed by atoms with E-state index in [1.807, 2.05) is 0 Å². The van der Waals surface area contributed by atoms with Crippen LogP contribution in [0.2, 0.25) is 0 Å². The molecule has 328 valence electrons. The van der Waals surface area contributed by atoms with Crippen molar-refractivity contribution in [2.75, 3.05) is 9.80 Å². The van der Waals surface area contributed by atoms with Gasteiger partial charge in [-0.3, -0.25) is 0 Å². The van der Waals surface area contributed by atoms with Gasteiger partial charge >= 0.3 is 0 Å². The van der Waals surface area contributed by atoms with E-state index in [-0.39, 0.29) is 33.8 Å². The Morgan fingerprint density at radius 1 is 0.415 bits per heavy atom. The first-order valence-electron chi connectivity index (χ1n) is 24.0. The highest BCUT2D eigenvalue weighted by atomic mass is 15.2. The minimum atomic E-state index is -0.122. The first-order chi connectivity index (χ1) is 30.5. The lowest BCUT2D eigenvalue weighted by molar-refractivity contribution is 0.403. The molecule has 2 nitrogen and oxygen atoms in total. The van der Waals surface area contributed by atoms with Crippen LogP contribution in [0, 0.1) is 6.92 Å². The largest absolute Gasteiger partial charge is 0.311 e. The summed E-state index contributed by atoms with van der Waals surface area (Å²) in [7, 11) is 0. The van der Waals surface area contributed by atoms with E-state index in [9.17, 15) is 0 Å². The molecule has 0 amide bonds. The molecule has 0 aromatic heterocycles. The van der Waals surface area contributed by atoms with E-state index in [1.54, 1.807) is 0 Å². The molecule has 0 radical (unpaired) electrons. The van der Waals surface area contributed by atoms with E-state index >= 15 is 0 Å². The Balaban J connectivity index is 1.36. The van der Waals surface area contributed by atoms with E-state index in [4.69, 9.17) is 0 Å². The van der Waals surface area contributed by atoms with E-state index in [0.717, 1.165) is 6.42 Å². The highest BCUT2D eigenvalue weighted by molar-refractivity contribution is 7.00. The second kappa shape index (κ2) is 14.6. The van der Waals surface area contributed by atoms with Crippen LogP contribution in [-0.4, -0.2) is 6.71 Å². The Morgan fingerprint density at radius 2 is 0.908 bits per heavy atom. The maximum Gasteiger partial charge on any atom is 0.252 e. The molecule has 0 saturated carbocycles. The zero-order chi connectivity index (χ0) is 46.2. The average Bonchev–Trinajstić information content (AvgIpc) is 3.43. The van der Waals surface area contributed by atoms with Crippen molar-refractivity contribution < 1.29 is 0 Å². The second-order valence-electron chi connectivity index (χ2n) is 23.9. The van der Waals surface area contributed by atoms with Crippen molar-refractivity contribution in [3.63, 3.8) is 0 Å². The van der Waals surface area contributed by atoms with Gasteiger partial charge in [-0.1, -0.05) is 181 Å². The number of fused-ring (bicyclic) bond motifs is 5. The van der Waals surface area contributed by atoms with Crippen LogP contribution in [0.5, 0.6) is 0 Å².